The fourth-order valence-electron chi connectivity index (χ4n) is 3.05. The van der Waals surface area contributed by atoms with E-state index in [4.69, 9.17) is 28.1 Å². The van der Waals surface area contributed by atoms with Crippen LogP contribution in [0.3, 0.4) is 0 Å². The van der Waals surface area contributed by atoms with Gasteiger partial charge in [-0.15, -0.1) is 0 Å². The second kappa shape index (κ2) is 11.2. The maximum Gasteiger partial charge on any atom is 0.185 e. The minimum Gasteiger partial charge on any atom is -0.370 e. The second-order valence-corrected chi connectivity index (χ2v) is 7.42. The highest BCUT2D eigenvalue weighted by Gasteiger charge is 2.05. The van der Waals surface area contributed by atoms with Gasteiger partial charge in [-0.1, -0.05) is 54.8 Å². The van der Waals surface area contributed by atoms with Crippen LogP contribution in [0.4, 0.5) is 5.82 Å². The number of hydrogen-bond donors (Lipinski definition) is 3. The fourth-order valence-corrected chi connectivity index (χ4v) is 3.18. The van der Waals surface area contributed by atoms with Crippen LogP contribution in [0, 0.1) is 0 Å². The topological polar surface area (TPSA) is 102 Å². The average molecular weight is 423 g/mol. The second-order valence-electron chi connectivity index (χ2n) is 6.98. The Labute approximate surface area is 182 Å². The SMILES string of the molecule is NC(N)=NCCCCCCNc1nc(/C=C/c2ccc(Cl)cc2)nc2ccccc12. The van der Waals surface area contributed by atoms with Gasteiger partial charge in [-0.2, -0.15) is 0 Å². The summed E-state index contributed by atoms with van der Waals surface area (Å²) in [6.45, 7) is 1.54. The zero-order valence-corrected chi connectivity index (χ0v) is 17.6. The maximum absolute atomic E-state index is 5.95. The summed E-state index contributed by atoms with van der Waals surface area (Å²) in [7, 11) is 0. The molecule has 0 spiro atoms. The van der Waals surface area contributed by atoms with Gasteiger partial charge >= 0.3 is 0 Å². The molecular formula is C23H27ClN6. The first-order valence-corrected chi connectivity index (χ1v) is 10.5. The molecule has 156 valence electrons. The fraction of sp³-hybridized carbons (Fsp3) is 0.261. The van der Waals surface area contributed by atoms with E-state index in [1.165, 1.54) is 0 Å². The molecule has 0 saturated heterocycles. The summed E-state index contributed by atoms with van der Waals surface area (Å²) in [5, 5.41) is 5.21. The Kier molecular flexibility index (Phi) is 8.03. The van der Waals surface area contributed by atoms with Gasteiger partial charge in [-0.3, -0.25) is 4.99 Å². The molecule has 3 rings (SSSR count). The Bertz CT molecular complexity index is 1010. The van der Waals surface area contributed by atoms with E-state index >= 15 is 0 Å². The number of unbranched alkanes of at least 4 members (excludes halogenated alkanes) is 3. The van der Waals surface area contributed by atoms with Gasteiger partial charge in [0.1, 0.15) is 5.82 Å². The molecule has 0 aliphatic carbocycles. The van der Waals surface area contributed by atoms with E-state index in [0.717, 1.165) is 59.5 Å². The van der Waals surface area contributed by atoms with Crippen molar-refractivity contribution in [2.24, 2.45) is 16.5 Å². The number of rotatable bonds is 10. The Balaban J connectivity index is 1.62. The summed E-state index contributed by atoms with van der Waals surface area (Å²) < 4.78 is 0. The predicted molar refractivity (Wildman–Crippen MR) is 128 cm³/mol. The molecule has 0 bridgehead atoms. The number of nitrogens with two attached hydrogens (primary N) is 2. The van der Waals surface area contributed by atoms with E-state index in [1.54, 1.807) is 0 Å². The lowest BCUT2D eigenvalue weighted by atomic mass is 10.2. The van der Waals surface area contributed by atoms with E-state index < -0.39 is 0 Å². The summed E-state index contributed by atoms with van der Waals surface area (Å²) in [4.78, 5) is 13.4. The number of para-hydroxylation sites is 1. The highest BCUT2D eigenvalue weighted by molar-refractivity contribution is 6.30. The van der Waals surface area contributed by atoms with Gasteiger partial charge in [0.15, 0.2) is 11.8 Å². The number of aliphatic imine (C=N–C) groups is 1. The van der Waals surface area contributed by atoms with Crippen LogP contribution in [-0.2, 0) is 0 Å². The molecule has 0 aliphatic rings. The highest BCUT2D eigenvalue weighted by Crippen LogP contribution is 2.21. The molecule has 0 aliphatic heterocycles. The molecule has 7 heteroatoms. The maximum atomic E-state index is 5.95. The van der Waals surface area contributed by atoms with Gasteiger partial charge in [0, 0.05) is 23.5 Å². The molecule has 0 amide bonds. The number of anilines is 1. The first-order valence-electron chi connectivity index (χ1n) is 10.1. The molecule has 1 heterocycles. The molecule has 6 nitrogen and oxygen atoms in total. The van der Waals surface area contributed by atoms with Crippen LogP contribution in [0.25, 0.3) is 23.1 Å². The number of halogens is 1. The largest absolute Gasteiger partial charge is 0.370 e. The van der Waals surface area contributed by atoms with Crippen molar-refractivity contribution < 1.29 is 0 Å². The lowest BCUT2D eigenvalue weighted by Gasteiger charge is -2.09. The van der Waals surface area contributed by atoms with Crippen LogP contribution < -0.4 is 16.8 Å². The van der Waals surface area contributed by atoms with Crippen molar-refractivity contribution in [2.45, 2.75) is 25.7 Å². The van der Waals surface area contributed by atoms with Crippen LogP contribution in [-0.4, -0.2) is 29.0 Å². The average Bonchev–Trinajstić information content (AvgIpc) is 2.75. The third-order valence-corrected chi connectivity index (χ3v) is 4.84. The van der Waals surface area contributed by atoms with Crippen molar-refractivity contribution in [3.05, 3.63) is 64.9 Å². The molecule has 1 aromatic heterocycles. The Morgan fingerprint density at radius 3 is 2.50 bits per heavy atom. The third-order valence-electron chi connectivity index (χ3n) is 4.59. The smallest absolute Gasteiger partial charge is 0.185 e. The summed E-state index contributed by atoms with van der Waals surface area (Å²) >= 11 is 5.95. The molecule has 5 N–H and O–H groups in total. The number of fused-ring (bicyclic) bond motifs is 1. The minimum absolute atomic E-state index is 0.160. The zero-order chi connectivity index (χ0) is 21.2. The predicted octanol–water partition coefficient (Wildman–Crippen LogP) is 4.70. The molecule has 0 fully saturated rings. The number of nitrogens with one attached hydrogen (secondary N) is 1. The minimum atomic E-state index is 0.160. The van der Waals surface area contributed by atoms with Crippen LogP contribution in [0.1, 0.15) is 37.1 Å². The zero-order valence-electron chi connectivity index (χ0n) is 16.9. The van der Waals surface area contributed by atoms with Gasteiger partial charge in [0.25, 0.3) is 0 Å². The molecular weight excluding hydrogens is 396 g/mol. The van der Waals surface area contributed by atoms with E-state index in [1.807, 2.05) is 60.7 Å². The third kappa shape index (κ3) is 6.74. The van der Waals surface area contributed by atoms with E-state index in [9.17, 15) is 0 Å². The van der Waals surface area contributed by atoms with Gasteiger partial charge < -0.3 is 16.8 Å². The van der Waals surface area contributed by atoms with Gasteiger partial charge in [-0.25, -0.2) is 9.97 Å². The molecule has 0 unspecified atom stereocenters. The van der Waals surface area contributed by atoms with E-state index in [0.29, 0.717) is 12.4 Å². The van der Waals surface area contributed by atoms with Gasteiger partial charge in [0.05, 0.1) is 5.52 Å². The molecule has 2 aromatic carbocycles. The van der Waals surface area contributed by atoms with Gasteiger partial charge in [0.2, 0.25) is 0 Å². The molecule has 3 aromatic rings. The van der Waals surface area contributed by atoms with Crippen LogP contribution in [0.5, 0.6) is 0 Å². The molecule has 30 heavy (non-hydrogen) atoms. The molecule has 0 atom stereocenters. The Morgan fingerprint density at radius 2 is 1.70 bits per heavy atom. The lowest BCUT2D eigenvalue weighted by molar-refractivity contribution is 0.661. The van der Waals surface area contributed by atoms with Crippen LogP contribution in [0.15, 0.2) is 53.5 Å². The Hall–Kier alpha value is -3.12. The molecule has 0 saturated carbocycles. The van der Waals surface area contributed by atoms with Gasteiger partial charge in [-0.05, 0) is 48.7 Å². The monoisotopic (exact) mass is 422 g/mol. The number of guanidine groups is 1. The summed E-state index contributed by atoms with van der Waals surface area (Å²) in [5.41, 5.74) is 12.6. The number of aromatic nitrogens is 2. The first kappa shape index (κ1) is 21.6. The normalized spacial score (nSPS) is 11.1. The van der Waals surface area contributed by atoms with Crippen molar-refractivity contribution in [3.63, 3.8) is 0 Å². The van der Waals surface area contributed by atoms with Crippen molar-refractivity contribution in [1.29, 1.82) is 0 Å². The lowest BCUT2D eigenvalue weighted by Crippen LogP contribution is -2.22. The molecule has 0 radical (unpaired) electrons. The van der Waals surface area contributed by atoms with Crippen molar-refractivity contribution in [2.75, 3.05) is 18.4 Å². The van der Waals surface area contributed by atoms with Crippen molar-refractivity contribution >= 4 is 46.4 Å². The standard InChI is InChI=1S/C23H27ClN6/c24-18-12-9-17(10-13-18)11-14-21-29-20-8-4-3-7-19(20)22(30-21)27-15-5-1-2-6-16-28-23(25)26/h3-4,7-14H,1-2,5-6,15-16H2,(H4,25,26,28)(H,27,29,30)/b14-11+. The quantitative estimate of drug-likeness (QED) is 0.249. The highest BCUT2D eigenvalue weighted by atomic mass is 35.5. The number of hydrogen-bond acceptors (Lipinski definition) is 4. The summed E-state index contributed by atoms with van der Waals surface area (Å²) in [6, 6.07) is 15.7. The van der Waals surface area contributed by atoms with Crippen molar-refractivity contribution in [1.82, 2.24) is 9.97 Å². The number of benzene rings is 2. The summed E-state index contributed by atoms with van der Waals surface area (Å²) in [6.07, 6.45) is 8.16. The van der Waals surface area contributed by atoms with E-state index in [2.05, 4.69) is 15.3 Å². The number of nitrogens with zero attached hydrogens (tertiary/aromatic N) is 3. The Morgan fingerprint density at radius 1 is 0.933 bits per heavy atom. The first-order chi connectivity index (χ1) is 14.6. The van der Waals surface area contributed by atoms with E-state index in [-0.39, 0.29) is 5.96 Å². The van der Waals surface area contributed by atoms with Crippen LogP contribution in [0.2, 0.25) is 5.02 Å². The summed E-state index contributed by atoms with van der Waals surface area (Å²) in [5.74, 6) is 1.69. The van der Waals surface area contributed by atoms with Crippen molar-refractivity contribution in [3.8, 4) is 0 Å². The van der Waals surface area contributed by atoms with Crippen LogP contribution >= 0.6 is 11.6 Å².